The summed E-state index contributed by atoms with van der Waals surface area (Å²) in [5, 5.41) is 12.8. The van der Waals surface area contributed by atoms with Crippen LogP contribution in [0.1, 0.15) is 18.9 Å². The molecule has 0 aliphatic rings. The maximum atomic E-state index is 10.7. The maximum absolute atomic E-state index is 10.7. The molecule has 0 aromatic heterocycles. The molecule has 15 heavy (non-hydrogen) atoms. The van der Waals surface area contributed by atoms with Crippen LogP contribution in [0.2, 0.25) is 0 Å². The van der Waals surface area contributed by atoms with Crippen molar-refractivity contribution >= 4 is 17.6 Å². The fourth-order valence-electron chi connectivity index (χ4n) is 1.20. The van der Waals surface area contributed by atoms with Gasteiger partial charge in [-0.05, 0) is 30.5 Å². The normalized spacial score (nSPS) is 9.67. The molecule has 4 nitrogen and oxygen atoms in total. The number of carboxylic acids is 1. The van der Waals surface area contributed by atoms with Gasteiger partial charge in [0.15, 0.2) is 0 Å². The van der Waals surface area contributed by atoms with E-state index in [1.807, 2.05) is 0 Å². The molecular weight excluding hydrogens is 194 g/mol. The summed E-state index contributed by atoms with van der Waals surface area (Å²) in [4.78, 5) is 20.9. The number of aryl methyl sites for hydroxylation is 1. The second-order valence-electron chi connectivity index (χ2n) is 3.25. The number of carbonyl (C=O) groups is 2. The molecule has 1 aromatic rings. The number of rotatable bonds is 4. The van der Waals surface area contributed by atoms with Crippen LogP contribution in [0.15, 0.2) is 24.3 Å². The standard InChI is InChI=1S/C11H13NO3/c1-8(13)12-10-5-2-9(3-6-10)4-7-11(14)15/h2-3,5-6H,4,7H2,1H3,(H,12,13)(H,14,15)/p-1. The van der Waals surface area contributed by atoms with E-state index in [4.69, 9.17) is 0 Å². The van der Waals surface area contributed by atoms with Gasteiger partial charge in [0, 0.05) is 18.6 Å². The van der Waals surface area contributed by atoms with E-state index in [0.717, 1.165) is 5.56 Å². The lowest BCUT2D eigenvalue weighted by Gasteiger charge is -2.05. The molecule has 0 saturated carbocycles. The van der Waals surface area contributed by atoms with Crippen LogP contribution in [0.4, 0.5) is 5.69 Å². The fourth-order valence-corrected chi connectivity index (χ4v) is 1.20. The van der Waals surface area contributed by atoms with Crippen molar-refractivity contribution in [1.82, 2.24) is 0 Å². The van der Waals surface area contributed by atoms with Gasteiger partial charge in [0.25, 0.3) is 0 Å². The third-order valence-corrected chi connectivity index (χ3v) is 1.89. The highest BCUT2D eigenvalue weighted by atomic mass is 16.4. The van der Waals surface area contributed by atoms with E-state index in [2.05, 4.69) is 5.32 Å². The Kier molecular flexibility index (Phi) is 3.85. The van der Waals surface area contributed by atoms with E-state index < -0.39 is 5.97 Å². The average molecular weight is 206 g/mol. The molecule has 0 fully saturated rings. The molecule has 0 spiro atoms. The highest BCUT2D eigenvalue weighted by molar-refractivity contribution is 5.88. The summed E-state index contributed by atoms with van der Waals surface area (Å²) in [7, 11) is 0. The van der Waals surface area contributed by atoms with Gasteiger partial charge in [0.1, 0.15) is 0 Å². The first kappa shape index (κ1) is 11.2. The van der Waals surface area contributed by atoms with Gasteiger partial charge in [-0.2, -0.15) is 0 Å². The minimum Gasteiger partial charge on any atom is -0.550 e. The number of anilines is 1. The minimum absolute atomic E-state index is 0.0134. The van der Waals surface area contributed by atoms with Crippen LogP contribution in [-0.4, -0.2) is 11.9 Å². The first-order valence-electron chi connectivity index (χ1n) is 4.64. The quantitative estimate of drug-likeness (QED) is 0.771. The molecule has 1 amide bonds. The summed E-state index contributed by atoms with van der Waals surface area (Å²) in [5.41, 5.74) is 1.62. The first-order valence-corrected chi connectivity index (χ1v) is 4.64. The third-order valence-electron chi connectivity index (χ3n) is 1.89. The lowest BCUT2D eigenvalue weighted by atomic mass is 10.1. The molecule has 1 N–H and O–H groups in total. The third kappa shape index (κ3) is 4.26. The van der Waals surface area contributed by atoms with Crippen molar-refractivity contribution in [3.63, 3.8) is 0 Å². The Balaban J connectivity index is 2.56. The molecule has 1 aromatic carbocycles. The summed E-state index contributed by atoms with van der Waals surface area (Å²) in [6.07, 6.45) is 0.460. The van der Waals surface area contributed by atoms with Crippen LogP contribution in [0.5, 0.6) is 0 Å². The summed E-state index contributed by atoms with van der Waals surface area (Å²) >= 11 is 0. The van der Waals surface area contributed by atoms with Gasteiger partial charge < -0.3 is 15.2 Å². The van der Waals surface area contributed by atoms with Crippen molar-refractivity contribution in [2.75, 3.05) is 5.32 Å². The monoisotopic (exact) mass is 206 g/mol. The SMILES string of the molecule is CC(=O)Nc1ccc(CCC(=O)[O-])cc1. The maximum Gasteiger partial charge on any atom is 0.221 e. The molecule has 0 unspecified atom stereocenters. The first-order chi connectivity index (χ1) is 7.08. The largest absolute Gasteiger partial charge is 0.550 e. The zero-order valence-corrected chi connectivity index (χ0v) is 8.45. The minimum atomic E-state index is -1.05. The number of hydrogen-bond acceptors (Lipinski definition) is 3. The van der Waals surface area contributed by atoms with Crippen molar-refractivity contribution in [2.24, 2.45) is 0 Å². The van der Waals surface area contributed by atoms with Gasteiger partial charge >= 0.3 is 0 Å². The van der Waals surface area contributed by atoms with Crippen molar-refractivity contribution < 1.29 is 14.7 Å². The highest BCUT2D eigenvalue weighted by Gasteiger charge is 1.96. The summed E-state index contributed by atoms with van der Waals surface area (Å²) < 4.78 is 0. The number of amides is 1. The molecule has 1 rings (SSSR count). The summed E-state index contributed by atoms with van der Waals surface area (Å²) in [6.45, 7) is 1.43. The summed E-state index contributed by atoms with van der Waals surface area (Å²) in [5.74, 6) is -1.18. The van der Waals surface area contributed by atoms with Crippen LogP contribution < -0.4 is 10.4 Å². The molecule has 0 aliphatic carbocycles. The average Bonchev–Trinajstić information content (AvgIpc) is 2.16. The number of benzene rings is 1. The smallest absolute Gasteiger partial charge is 0.221 e. The van der Waals surface area contributed by atoms with Crippen molar-refractivity contribution in [3.8, 4) is 0 Å². The Morgan fingerprint density at radius 1 is 1.27 bits per heavy atom. The van der Waals surface area contributed by atoms with Crippen LogP contribution in [0.3, 0.4) is 0 Å². The second kappa shape index (κ2) is 5.14. The second-order valence-corrected chi connectivity index (χ2v) is 3.25. The van der Waals surface area contributed by atoms with Crippen LogP contribution >= 0.6 is 0 Å². The molecule has 0 atom stereocenters. The Morgan fingerprint density at radius 2 is 1.87 bits per heavy atom. The molecule has 0 saturated heterocycles. The topological polar surface area (TPSA) is 69.2 Å². The predicted octanol–water partition coefficient (Wildman–Crippen LogP) is 0.327. The van der Waals surface area contributed by atoms with Crippen LogP contribution in [0.25, 0.3) is 0 Å². The number of carbonyl (C=O) groups excluding carboxylic acids is 2. The lowest BCUT2D eigenvalue weighted by Crippen LogP contribution is -2.22. The zero-order chi connectivity index (χ0) is 11.3. The summed E-state index contributed by atoms with van der Waals surface area (Å²) in [6, 6.07) is 7.06. The Bertz CT molecular complexity index is 357. The van der Waals surface area contributed by atoms with Gasteiger partial charge in [0.05, 0.1) is 0 Å². The molecule has 0 bridgehead atoms. The Labute approximate surface area is 87.9 Å². The van der Waals surface area contributed by atoms with Crippen molar-refractivity contribution in [3.05, 3.63) is 29.8 Å². The Morgan fingerprint density at radius 3 is 2.33 bits per heavy atom. The van der Waals surface area contributed by atoms with Gasteiger partial charge in [0.2, 0.25) is 5.91 Å². The highest BCUT2D eigenvalue weighted by Crippen LogP contribution is 2.10. The molecule has 4 heteroatoms. The van der Waals surface area contributed by atoms with Crippen LogP contribution in [-0.2, 0) is 16.0 Å². The number of hydrogen-bond donors (Lipinski definition) is 1. The van der Waals surface area contributed by atoms with Crippen LogP contribution in [0, 0.1) is 0 Å². The molecule has 0 heterocycles. The van der Waals surface area contributed by atoms with Gasteiger partial charge in [-0.15, -0.1) is 0 Å². The van der Waals surface area contributed by atoms with E-state index in [1.165, 1.54) is 6.92 Å². The fraction of sp³-hybridized carbons (Fsp3) is 0.273. The van der Waals surface area contributed by atoms with E-state index in [-0.39, 0.29) is 12.3 Å². The van der Waals surface area contributed by atoms with Gasteiger partial charge in [-0.3, -0.25) is 4.79 Å². The zero-order valence-electron chi connectivity index (χ0n) is 8.45. The number of aliphatic carboxylic acids is 1. The van der Waals surface area contributed by atoms with E-state index >= 15 is 0 Å². The van der Waals surface area contributed by atoms with Crippen molar-refractivity contribution in [1.29, 1.82) is 0 Å². The molecule has 0 radical (unpaired) electrons. The van der Waals surface area contributed by atoms with Crippen molar-refractivity contribution in [2.45, 2.75) is 19.8 Å². The molecule has 80 valence electrons. The van der Waals surface area contributed by atoms with E-state index in [1.54, 1.807) is 24.3 Å². The van der Waals surface area contributed by atoms with E-state index in [9.17, 15) is 14.7 Å². The Hall–Kier alpha value is -1.84. The number of nitrogens with one attached hydrogen (secondary N) is 1. The van der Waals surface area contributed by atoms with Gasteiger partial charge in [-0.25, -0.2) is 0 Å². The molecular formula is C11H12NO3-. The molecule has 0 aliphatic heterocycles. The predicted molar refractivity (Wildman–Crippen MR) is 54.1 cm³/mol. The lowest BCUT2D eigenvalue weighted by molar-refractivity contribution is -0.305. The van der Waals surface area contributed by atoms with Gasteiger partial charge in [-0.1, -0.05) is 12.1 Å². The number of carboxylic acid groups (broad SMARTS) is 1. The van der Waals surface area contributed by atoms with E-state index in [0.29, 0.717) is 12.1 Å².